The minimum atomic E-state index is -0.626. The second kappa shape index (κ2) is 11.6. The summed E-state index contributed by atoms with van der Waals surface area (Å²) in [5, 5.41) is 2.97. The molecule has 0 bridgehead atoms. The molecule has 2 aromatic carbocycles. The topological polar surface area (TPSA) is 82.2 Å². The Morgan fingerprint density at radius 1 is 1.08 bits per heavy atom. The molecule has 37 heavy (non-hydrogen) atoms. The third-order valence-electron chi connectivity index (χ3n) is 6.80. The Bertz CT molecular complexity index is 1190. The second-order valence-electron chi connectivity index (χ2n) is 9.21. The van der Waals surface area contributed by atoms with Gasteiger partial charge in [0.1, 0.15) is 5.82 Å². The van der Waals surface area contributed by atoms with Crippen molar-refractivity contribution in [2.45, 2.75) is 32.9 Å². The highest BCUT2D eigenvalue weighted by Crippen LogP contribution is 2.32. The molecule has 9 heteroatoms. The summed E-state index contributed by atoms with van der Waals surface area (Å²) in [4.78, 5) is 44.8. The van der Waals surface area contributed by atoms with Crippen LogP contribution in [0.5, 0.6) is 0 Å². The molecule has 0 aromatic heterocycles. The zero-order valence-electron chi connectivity index (χ0n) is 21.4. The molecule has 2 heterocycles. The van der Waals surface area contributed by atoms with Crippen LogP contribution in [0.2, 0.25) is 0 Å². The molecule has 1 N–H and O–H groups in total. The molecule has 3 amide bonds. The smallest absolute Gasteiger partial charge is 0.338 e. The largest absolute Gasteiger partial charge is 0.463 e. The van der Waals surface area contributed by atoms with E-state index in [0.29, 0.717) is 49.6 Å². The summed E-state index contributed by atoms with van der Waals surface area (Å²) in [6.07, 6.45) is 0. The number of nitrogens with zero attached hydrogens (tertiary/aromatic N) is 3. The number of likely N-dealkylation sites (N-methyl/N-ethyl adjacent to an activating group) is 1. The Morgan fingerprint density at radius 2 is 1.84 bits per heavy atom. The van der Waals surface area contributed by atoms with Gasteiger partial charge in [-0.3, -0.25) is 14.6 Å². The van der Waals surface area contributed by atoms with Crippen LogP contribution in [-0.4, -0.2) is 78.0 Å². The fourth-order valence-corrected chi connectivity index (χ4v) is 5.03. The average molecular weight is 509 g/mol. The van der Waals surface area contributed by atoms with Crippen molar-refractivity contribution in [3.8, 4) is 0 Å². The molecule has 0 unspecified atom stereocenters. The van der Waals surface area contributed by atoms with Gasteiger partial charge < -0.3 is 15.0 Å². The maximum Gasteiger partial charge on any atom is 0.338 e. The van der Waals surface area contributed by atoms with Gasteiger partial charge in [-0.25, -0.2) is 14.0 Å². The number of hydrogen-bond acceptors (Lipinski definition) is 5. The van der Waals surface area contributed by atoms with Crippen molar-refractivity contribution < 1.29 is 23.5 Å². The molecule has 0 aliphatic carbocycles. The van der Waals surface area contributed by atoms with Gasteiger partial charge in [0.15, 0.2) is 0 Å². The van der Waals surface area contributed by atoms with E-state index in [4.69, 9.17) is 4.74 Å². The van der Waals surface area contributed by atoms with E-state index in [0.717, 1.165) is 5.56 Å². The summed E-state index contributed by atoms with van der Waals surface area (Å²) >= 11 is 0. The number of urea groups is 1. The van der Waals surface area contributed by atoms with Gasteiger partial charge in [-0.05, 0) is 44.5 Å². The molecule has 2 aliphatic heterocycles. The predicted octanol–water partition coefficient (Wildman–Crippen LogP) is 3.58. The Morgan fingerprint density at radius 3 is 2.49 bits per heavy atom. The van der Waals surface area contributed by atoms with Gasteiger partial charge in [-0.2, -0.15) is 0 Å². The first kappa shape index (κ1) is 26.3. The van der Waals surface area contributed by atoms with E-state index in [1.807, 2.05) is 44.2 Å². The zero-order valence-corrected chi connectivity index (χ0v) is 21.4. The number of rotatable bonds is 7. The Kier molecular flexibility index (Phi) is 8.23. The zero-order chi connectivity index (χ0) is 26.5. The highest BCUT2D eigenvalue weighted by atomic mass is 19.1. The second-order valence-corrected chi connectivity index (χ2v) is 9.21. The molecule has 1 fully saturated rings. The maximum absolute atomic E-state index is 13.7. The number of nitrogens with one attached hydrogen (secondary N) is 1. The first-order chi connectivity index (χ1) is 17.8. The number of amides is 3. The quantitative estimate of drug-likeness (QED) is 0.579. The maximum atomic E-state index is 13.7. The lowest BCUT2D eigenvalue weighted by atomic mass is 9.94. The van der Waals surface area contributed by atoms with E-state index >= 15 is 0 Å². The van der Waals surface area contributed by atoms with Crippen LogP contribution in [0.25, 0.3) is 0 Å². The van der Waals surface area contributed by atoms with Crippen LogP contribution in [0.1, 0.15) is 42.7 Å². The van der Waals surface area contributed by atoms with E-state index in [9.17, 15) is 18.8 Å². The molecule has 196 valence electrons. The standard InChI is InChI=1S/C28H33FN4O4/c1-4-32-23(24(27(35)37-5-2)25(30-28(32)36)20-10-7-6-8-11-20)18-31-14-15-33(19(3)17-31)26(34)21-12-9-13-22(29)16-21/h6-13,16,19,25H,4-5,14-15,17-18H2,1-3H3,(H,30,36)/t19-,25+/m1/s1. The number of benzene rings is 2. The van der Waals surface area contributed by atoms with Crippen LogP contribution in [0.3, 0.4) is 0 Å². The van der Waals surface area contributed by atoms with Gasteiger partial charge in [0.2, 0.25) is 0 Å². The number of hydrogen-bond donors (Lipinski definition) is 1. The molecule has 0 saturated carbocycles. The molecular formula is C28H33FN4O4. The number of ether oxygens (including phenoxy) is 1. The van der Waals surface area contributed by atoms with E-state index in [1.54, 1.807) is 22.8 Å². The number of halogens is 1. The minimum absolute atomic E-state index is 0.145. The van der Waals surface area contributed by atoms with Gasteiger partial charge in [0, 0.05) is 50.0 Å². The van der Waals surface area contributed by atoms with Crippen molar-refractivity contribution >= 4 is 17.9 Å². The van der Waals surface area contributed by atoms with Crippen molar-refractivity contribution in [1.29, 1.82) is 0 Å². The minimum Gasteiger partial charge on any atom is -0.463 e. The third-order valence-corrected chi connectivity index (χ3v) is 6.80. The fourth-order valence-electron chi connectivity index (χ4n) is 5.03. The van der Waals surface area contributed by atoms with Crippen molar-refractivity contribution in [1.82, 2.24) is 20.0 Å². The van der Waals surface area contributed by atoms with Crippen molar-refractivity contribution in [2.75, 3.05) is 39.3 Å². The Balaban J connectivity index is 1.61. The molecule has 8 nitrogen and oxygen atoms in total. The summed E-state index contributed by atoms with van der Waals surface area (Å²) in [6, 6.07) is 14.0. The highest BCUT2D eigenvalue weighted by Gasteiger charge is 2.39. The summed E-state index contributed by atoms with van der Waals surface area (Å²) in [6.45, 7) is 8.05. The van der Waals surface area contributed by atoms with Crippen LogP contribution < -0.4 is 5.32 Å². The Labute approximate surface area is 216 Å². The lowest BCUT2D eigenvalue weighted by molar-refractivity contribution is -0.139. The average Bonchev–Trinajstić information content (AvgIpc) is 2.89. The van der Waals surface area contributed by atoms with Crippen LogP contribution in [-0.2, 0) is 9.53 Å². The lowest BCUT2D eigenvalue weighted by Gasteiger charge is -2.43. The molecule has 2 aromatic rings. The normalized spacial score (nSPS) is 20.6. The number of piperazine rings is 1. The molecule has 1 saturated heterocycles. The lowest BCUT2D eigenvalue weighted by Crippen LogP contribution is -2.56. The molecule has 2 atom stereocenters. The highest BCUT2D eigenvalue weighted by molar-refractivity contribution is 5.95. The third kappa shape index (κ3) is 5.67. The van der Waals surface area contributed by atoms with Crippen LogP contribution in [0.15, 0.2) is 65.9 Å². The van der Waals surface area contributed by atoms with Crippen molar-refractivity contribution in [3.05, 3.63) is 82.8 Å². The molecule has 0 spiro atoms. The molecule has 0 radical (unpaired) electrons. The van der Waals surface area contributed by atoms with E-state index in [1.165, 1.54) is 18.2 Å². The monoisotopic (exact) mass is 508 g/mol. The van der Waals surface area contributed by atoms with Crippen LogP contribution in [0.4, 0.5) is 9.18 Å². The van der Waals surface area contributed by atoms with Gasteiger partial charge >= 0.3 is 12.0 Å². The Hall–Kier alpha value is -3.72. The van der Waals surface area contributed by atoms with Gasteiger partial charge in [-0.15, -0.1) is 0 Å². The molecule has 4 rings (SSSR count). The summed E-state index contributed by atoms with van der Waals surface area (Å²) in [5.41, 5.74) is 2.14. The van der Waals surface area contributed by atoms with Crippen LogP contribution >= 0.6 is 0 Å². The summed E-state index contributed by atoms with van der Waals surface area (Å²) < 4.78 is 19.1. The fraction of sp³-hybridized carbons (Fsp3) is 0.393. The SMILES string of the molecule is CCOC(=O)C1=C(CN2CCN(C(=O)c3cccc(F)c3)[C@H](C)C2)N(CC)C(=O)N[C@H]1c1ccccc1. The number of esters is 1. The molecular weight excluding hydrogens is 475 g/mol. The van der Waals surface area contributed by atoms with Gasteiger partial charge in [0.25, 0.3) is 5.91 Å². The van der Waals surface area contributed by atoms with E-state index in [2.05, 4.69) is 10.2 Å². The number of carbonyl (C=O) groups is 3. The number of carbonyl (C=O) groups excluding carboxylic acids is 3. The van der Waals surface area contributed by atoms with Crippen molar-refractivity contribution in [2.24, 2.45) is 0 Å². The first-order valence-corrected chi connectivity index (χ1v) is 12.7. The van der Waals surface area contributed by atoms with E-state index in [-0.39, 0.29) is 24.6 Å². The predicted molar refractivity (Wildman–Crippen MR) is 137 cm³/mol. The molecule has 2 aliphatic rings. The van der Waals surface area contributed by atoms with E-state index < -0.39 is 17.8 Å². The van der Waals surface area contributed by atoms with Gasteiger partial charge in [0.05, 0.1) is 18.2 Å². The summed E-state index contributed by atoms with van der Waals surface area (Å²) in [7, 11) is 0. The first-order valence-electron chi connectivity index (χ1n) is 12.7. The van der Waals surface area contributed by atoms with Crippen LogP contribution in [0, 0.1) is 5.82 Å². The summed E-state index contributed by atoms with van der Waals surface area (Å²) in [5.74, 6) is -1.12. The van der Waals surface area contributed by atoms with Gasteiger partial charge in [-0.1, -0.05) is 36.4 Å². The van der Waals surface area contributed by atoms with Crippen molar-refractivity contribution in [3.63, 3.8) is 0 Å².